The fraction of sp³-hybridized carbons (Fsp3) is 0.375. The van der Waals surface area contributed by atoms with Gasteiger partial charge in [0.1, 0.15) is 17.1 Å². The van der Waals surface area contributed by atoms with Crippen LogP contribution in [0.4, 0.5) is 5.82 Å². The summed E-state index contributed by atoms with van der Waals surface area (Å²) in [6, 6.07) is 5.59. The molecule has 1 fully saturated rings. The first-order chi connectivity index (χ1) is 10.8. The Balaban J connectivity index is 2.02. The highest BCUT2D eigenvalue weighted by atomic mass is 16.5. The molecule has 0 spiro atoms. The zero-order valence-electron chi connectivity index (χ0n) is 12.5. The summed E-state index contributed by atoms with van der Waals surface area (Å²) >= 11 is 0. The lowest BCUT2D eigenvalue weighted by Gasteiger charge is -2.19. The maximum absolute atomic E-state index is 12.1. The van der Waals surface area contributed by atoms with E-state index < -0.39 is 0 Å². The van der Waals surface area contributed by atoms with Crippen molar-refractivity contribution in [3.8, 4) is 11.5 Å². The number of rotatable bonds is 4. The molecule has 114 valence electrons. The minimum Gasteiger partial charge on any atom is -0.462 e. The van der Waals surface area contributed by atoms with E-state index in [4.69, 9.17) is 4.74 Å². The van der Waals surface area contributed by atoms with Crippen LogP contribution in [0.1, 0.15) is 30.1 Å². The average Bonchev–Trinajstić information content (AvgIpc) is 3.10. The van der Waals surface area contributed by atoms with Gasteiger partial charge >= 0.3 is 5.97 Å². The van der Waals surface area contributed by atoms with E-state index in [1.54, 1.807) is 19.3 Å². The summed E-state index contributed by atoms with van der Waals surface area (Å²) in [7, 11) is 0. The fourth-order valence-corrected chi connectivity index (χ4v) is 2.51. The Kier molecular flexibility index (Phi) is 4.27. The number of carbonyl (C=O) groups is 1. The van der Waals surface area contributed by atoms with E-state index in [0.717, 1.165) is 25.9 Å². The third kappa shape index (κ3) is 2.90. The summed E-state index contributed by atoms with van der Waals surface area (Å²) in [5.74, 6) is 0.791. The zero-order chi connectivity index (χ0) is 15.4. The summed E-state index contributed by atoms with van der Waals surface area (Å²) < 4.78 is 5.11. The van der Waals surface area contributed by atoms with Crippen molar-refractivity contribution in [2.45, 2.75) is 19.8 Å². The number of esters is 1. The van der Waals surface area contributed by atoms with Crippen molar-refractivity contribution in [2.24, 2.45) is 0 Å². The van der Waals surface area contributed by atoms with Gasteiger partial charge < -0.3 is 9.64 Å². The van der Waals surface area contributed by atoms with Crippen molar-refractivity contribution in [1.82, 2.24) is 15.0 Å². The van der Waals surface area contributed by atoms with Crippen molar-refractivity contribution in [1.29, 1.82) is 0 Å². The molecule has 6 heteroatoms. The van der Waals surface area contributed by atoms with Crippen LogP contribution in [0.3, 0.4) is 0 Å². The normalized spacial score (nSPS) is 14.1. The quantitative estimate of drug-likeness (QED) is 0.807. The summed E-state index contributed by atoms with van der Waals surface area (Å²) in [5, 5.41) is 0. The molecule has 2 aromatic heterocycles. The summed E-state index contributed by atoms with van der Waals surface area (Å²) in [4.78, 5) is 27.4. The van der Waals surface area contributed by atoms with Gasteiger partial charge in [-0.25, -0.2) is 14.8 Å². The molecule has 1 saturated heterocycles. The van der Waals surface area contributed by atoms with Gasteiger partial charge in [-0.15, -0.1) is 0 Å². The zero-order valence-corrected chi connectivity index (χ0v) is 12.5. The molecule has 0 bridgehead atoms. The van der Waals surface area contributed by atoms with E-state index in [9.17, 15) is 4.79 Å². The van der Waals surface area contributed by atoms with Gasteiger partial charge in [0.25, 0.3) is 0 Å². The standard InChI is InChI=1S/C16H18N4O2/c1-2-22-16(21)12-11-18-14(13-7-3-4-8-17-13)19-15(12)20-9-5-6-10-20/h3-4,7-8,11H,2,5-6,9-10H2,1H3. The first-order valence-electron chi connectivity index (χ1n) is 7.50. The number of carbonyl (C=O) groups excluding carboxylic acids is 1. The number of hydrogen-bond acceptors (Lipinski definition) is 6. The SMILES string of the molecule is CCOC(=O)c1cnc(-c2ccccn2)nc1N1CCCC1. The van der Waals surface area contributed by atoms with Crippen molar-refractivity contribution in [2.75, 3.05) is 24.6 Å². The topological polar surface area (TPSA) is 68.2 Å². The molecule has 1 aliphatic heterocycles. The highest BCUT2D eigenvalue weighted by molar-refractivity contribution is 5.94. The summed E-state index contributed by atoms with van der Waals surface area (Å²) in [6.45, 7) is 3.91. The Morgan fingerprint density at radius 1 is 1.27 bits per heavy atom. The van der Waals surface area contributed by atoms with Crippen molar-refractivity contribution in [3.63, 3.8) is 0 Å². The maximum Gasteiger partial charge on any atom is 0.343 e. The molecule has 3 heterocycles. The lowest BCUT2D eigenvalue weighted by molar-refractivity contribution is 0.0526. The van der Waals surface area contributed by atoms with Gasteiger partial charge in [0, 0.05) is 25.5 Å². The number of aromatic nitrogens is 3. The molecule has 0 N–H and O–H groups in total. The van der Waals surface area contributed by atoms with Crippen LogP contribution in [-0.2, 0) is 4.74 Å². The van der Waals surface area contributed by atoms with Crippen LogP contribution in [0.2, 0.25) is 0 Å². The van der Waals surface area contributed by atoms with Gasteiger partial charge in [0.05, 0.1) is 6.61 Å². The van der Waals surface area contributed by atoms with E-state index in [1.807, 2.05) is 18.2 Å². The minimum atomic E-state index is -0.378. The lowest BCUT2D eigenvalue weighted by Crippen LogP contribution is -2.23. The third-order valence-corrected chi connectivity index (χ3v) is 3.56. The number of nitrogens with zero attached hydrogens (tertiary/aromatic N) is 4. The average molecular weight is 298 g/mol. The highest BCUT2D eigenvalue weighted by Crippen LogP contribution is 2.25. The molecule has 3 rings (SSSR count). The van der Waals surface area contributed by atoms with E-state index in [1.165, 1.54) is 0 Å². The molecule has 0 radical (unpaired) electrons. The molecule has 0 atom stereocenters. The molecule has 0 aromatic carbocycles. The molecule has 0 aliphatic carbocycles. The van der Waals surface area contributed by atoms with Gasteiger partial charge in [-0.05, 0) is 31.9 Å². The molecule has 0 amide bonds. The second kappa shape index (κ2) is 6.51. The number of hydrogen-bond donors (Lipinski definition) is 0. The Bertz CT molecular complexity index is 654. The first-order valence-corrected chi connectivity index (χ1v) is 7.50. The van der Waals surface area contributed by atoms with E-state index >= 15 is 0 Å². The van der Waals surface area contributed by atoms with E-state index in [-0.39, 0.29) is 5.97 Å². The van der Waals surface area contributed by atoms with Gasteiger partial charge in [-0.1, -0.05) is 6.07 Å². The minimum absolute atomic E-state index is 0.334. The number of pyridine rings is 1. The molecule has 0 saturated carbocycles. The molecule has 1 aliphatic rings. The fourth-order valence-electron chi connectivity index (χ4n) is 2.51. The van der Waals surface area contributed by atoms with Crippen LogP contribution in [-0.4, -0.2) is 40.6 Å². The Hall–Kier alpha value is -2.50. The van der Waals surface area contributed by atoms with Crippen LogP contribution in [0, 0.1) is 0 Å². The van der Waals surface area contributed by atoms with E-state index in [0.29, 0.717) is 29.5 Å². The molecule has 0 unspecified atom stereocenters. The molecule has 22 heavy (non-hydrogen) atoms. The van der Waals surface area contributed by atoms with Crippen molar-refractivity contribution >= 4 is 11.8 Å². The molecule has 6 nitrogen and oxygen atoms in total. The Labute approximate surface area is 129 Å². The number of ether oxygens (including phenoxy) is 1. The van der Waals surface area contributed by atoms with Gasteiger partial charge in [0.15, 0.2) is 5.82 Å². The largest absolute Gasteiger partial charge is 0.462 e. The van der Waals surface area contributed by atoms with Crippen LogP contribution in [0.5, 0.6) is 0 Å². The van der Waals surface area contributed by atoms with Crippen LogP contribution >= 0.6 is 0 Å². The van der Waals surface area contributed by atoms with Gasteiger partial charge in [-0.3, -0.25) is 4.98 Å². The third-order valence-electron chi connectivity index (χ3n) is 3.56. The molecular formula is C16H18N4O2. The van der Waals surface area contributed by atoms with Crippen LogP contribution in [0.25, 0.3) is 11.5 Å². The first kappa shape index (κ1) is 14.4. The van der Waals surface area contributed by atoms with E-state index in [2.05, 4.69) is 19.9 Å². The molecule has 2 aromatic rings. The van der Waals surface area contributed by atoms with Crippen LogP contribution in [0.15, 0.2) is 30.6 Å². The lowest BCUT2D eigenvalue weighted by atomic mass is 10.2. The van der Waals surface area contributed by atoms with Crippen molar-refractivity contribution in [3.05, 3.63) is 36.2 Å². The molecular weight excluding hydrogens is 280 g/mol. The highest BCUT2D eigenvalue weighted by Gasteiger charge is 2.23. The Morgan fingerprint density at radius 3 is 2.77 bits per heavy atom. The van der Waals surface area contributed by atoms with Crippen molar-refractivity contribution < 1.29 is 9.53 Å². The predicted molar refractivity (Wildman–Crippen MR) is 82.7 cm³/mol. The summed E-state index contributed by atoms with van der Waals surface area (Å²) in [5.41, 5.74) is 1.11. The van der Waals surface area contributed by atoms with Gasteiger partial charge in [-0.2, -0.15) is 0 Å². The predicted octanol–water partition coefficient (Wildman–Crippen LogP) is 2.32. The monoisotopic (exact) mass is 298 g/mol. The van der Waals surface area contributed by atoms with Gasteiger partial charge in [0.2, 0.25) is 0 Å². The maximum atomic E-state index is 12.1. The summed E-state index contributed by atoms with van der Waals surface area (Å²) in [6.07, 6.45) is 5.45. The second-order valence-electron chi connectivity index (χ2n) is 5.06. The Morgan fingerprint density at radius 2 is 2.09 bits per heavy atom. The smallest absolute Gasteiger partial charge is 0.343 e. The van der Waals surface area contributed by atoms with Crippen LogP contribution < -0.4 is 4.90 Å². The number of anilines is 1. The second-order valence-corrected chi connectivity index (χ2v) is 5.06.